The van der Waals surface area contributed by atoms with Crippen molar-refractivity contribution in [1.82, 2.24) is 14.9 Å². The molecule has 2 aromatic rings. The van der Waals surface area contributed by atoms with Gasteiger partial charge in [-0.1, -0.05) is 0 Å². The van der Waals surface area contributed by atoms with Gasteiger partial charge in [-0.25, -0.2) is 14.4 Å². The van der Waals surface area contributed by atoms with Crippen LogP contribution in [0.1, 0.15) is 19.3 Å². The fourth-order valence-electron chi connectivity index (χ4n) is 3.44. The third kappa shape index (κ3) is 5.18. The van der Waals surface area contributed by atoms with E-state index in [2.05, 4.69) is 15.3 Å². The Morgan fingerprint density at radius 3 is 2.63 bits per heavy atom. The molecule has 1 aromatic heterocycles. The average Bonchev–Trinajstić information content (AvgIpc) is 2.61. The summed E-state index contributed by atoms with van der Waals surface area (Å²) < 4.78 is 56.1. The van der Waals surface area contributed by atoms with E-state index in [1.54, 1.807) is 6.07 Å². The molecule has 0 saturated carbocycles. The first kappa shape index (κ1) is 19.6. The fourth-order valence-corrected chi connectivity index (χ4v) is 3.44. The van der Waals surface area contributed by atoms with Gasteiger partial charge < -0.3 is 10.1 Å². The molecule has 5 nitrogen and oxygen atoms in total. The topological polar surface area (TPSA) is 50.3 Å². The van der Waals surface area contributed by atoms with Crippen LogP contribution in [0.2, 0.25) is 0 Å². The van der Waals surface area contributed by atoms with Gasteiger partial charge in [0.15, 0.2) is 11.6 Å². The van der Waals surface area contributed by atoms with E-state index in [4.69, 9.17) is 4.74 Å². The van der Waals surface area contributed by atoms with Crippen LogP contribution in [0.3, 0.4) is 0 Å². The minimum absolute atomic E-state index is 0.123. The van der Waals surface area contributed by atoms with Gasteiger partial charge in [-0.15, -0.1) is 0 Å². The van der Waals surface area contributed by atoms with Crippen molar-refractivity contribution in [3.05, 3.63) is 24.3 Å². The van der Waals surface area contributed by atoms with E-state index in [0.29, 0.717) is 42.3 Å². The normalized spacial score (nSPS) is 16.6. The maximum Gasteiger partial charge on any atom is 0.401 e. The van der Waals surface area contributed by atoms with Gasteiger partial charge in [0, 0.05) is 18.0 Å². The van der Waals surface area contributed by atoms with E-state index in [1.807, 2.05) is 0 Å². The summed E-state index contributed by atoms with van der Waals surface area (Å²) in [5, 5.41) is 3.90. The Balaban J connectivity index is 1.54. The Kier molecular flexibility index (Phi) is 5.98. The number of anilines is 1. The molecule has 3 rings (SSSR count). The van der Waals surface area contributed by atoms with E-state index < -0.39 is 18.5 Å². The van der Waals surface area contributed by atoms with Crippen LogP contribution in [0, 0.1) is 11.7 Å². The molecule has 0 bridgehead atoms. The molecule has 1 aliphatic rings. The van der Waals surface area contributed by atoms with Crippen LogP contribution in [-0.4, -0.2) is 54.3 Å². The standard InChI is InChI=1S/C18H22F4N4O/c1-27-16-8-13-15(9-14(16)19)24-11-25-17(13)23-5-2-12-3-6-26(7-4-12)10-18(20,21)22/h8-9,11-12H,2-7,10H2,1H3,(H,23,24,25). The van der Waals surface area contributed by atoms with Crippen LogP contribution < -0.4 is 10.1 Å². The number of nitrogens with one attached hydrogen (secondary N) is 1. The quantitative estimate of drug-likeness (QED) is 0.765. The van der Waals surface area contributed by atoms with Gasteiger partial charge >= 0.3 is 6.18 Å². The summed E-state index contributed by atoms with van der Waals surface area (Å²) in [6.07, 6.45) is -0.429. The molecular weight excluding hydrogens is 364 g/mol. The fraction of sp³-hybridized carbons (Fsp3) is 0.556. The van der Waals surface area contributed by atoms with Crippen LogP contribution in [0.25, 0.3) is 10.9 Å². The Labute approximate surface area is 154 Å². The van der Waals surface area contributed by atoms with Gasteiger partial charge in [0.2, 0.25) is 0 Å². The highest BCUT2D eigenvalue weighted by atomic mass is 19.4. The van der Waals surface area contributed by atoms with Crippen molar-refractivity contribution in [3.8, 4) is 5.75 Å². The molecule has 0 spiro atoms. The SMILES string of the molecule is COc1cc2c(NCCC3CCN(CC(F)(F)F)CC3)ncnc2cc1F. The molecule has 2 heterocycles. The van der Waals surface area contributed by atoms with Crippen molar-refractivity contribution in [2.75, 3.05) is 38.6 Å². The Morgan fingerprint density at radius 2 is 1.96 bits per heavy atom. The largest absolute Gasteiger partial charge is 0.494 e. The lowest BCUT2D eigenvalue weighted by Gasteiger charge is -2.32. The first-order valence-electron chi connectivity index (χ1n) is 8.87. The number of benzene rings is 1. The summed E-state index contributed by atoms with van der Waals surface area (Å²) in [4.78, 5) is 9.74. The lowest BCUT2D eigenvalue weighted by atomic mass is 9.93. The van der Waals surface area contributed by atoms with Crippen LogP contribution >= 0.6 is 0 Å². The Hall–Kier alpha value is -2.16. The zero-order chi connectivity index (χ0) is 19.4. The van der Waals surface area contributed by atoms with Gasteiger partial charge in [0.05, 0.1) is 19.2 Å². The lowest BCUT2D eigenvalue weighted by molar-refractivity contribution is -0.148. The summed E-state index contributed by atoms with van der Waals surface area (Å²) in [5.41, 5.74) is 0.478. The van der Waals surface area contributed by atoms with E-state index >= 15 is 0 Å². The van der Waals surface area contributed by atoms with Gasteiger partial charge in [-0.05, 0) is 44.3 Å². The third-order valence-corrected chi connectivity index (χ3v) is 4.86. The smallest absolute Gasteiger partial charge is 0.401 e. The number of alkyl halides is 3. The molecule has 1 aliphatic heterocycles. The molecule has 9 heteroatoms. The summed E-state index contributed by atoms with van der Waals surface area (Å²) in [7, 11) is 1.40. The number of likely N-dealkylation sites (tertiary alicyclic amines) is 1. The zero-order valence-electron chi connectivity index (χ0n) is 15.0. The second-order valence-corrected chi connectivity index (χ2v) is 6.78. The first-order valence-corrected chi connectivity index (χ1v) is 8.87. The highest BCUT2D eigenvalue weighted by molar-refractivity contribution is 5.90. The predicted octanol–water partition coefficient (Wildman–Crippen LogP) is 3.85. The van der Waals surface area contributed by atoms with Crippen LogP contribution in [0.5, 0.6) is 5.75 Å². The number of fused-ring (bicyclic) bond motifs is 1. The van der Waals surface area contributed by atoms with Gasteiger partial charge in [0.1, 0.15) is 12.1 Å². The van der Waals surface area contributed by atoms with Crippen molar-refractivity contribution in [3.63, 3.8) is 0 Å². The van der Waals surface area contributed by atoms with E-state index in [1.165, 1.54) is 24.4 Å². The number of aromatic nitrogens is 2. The second kappa shape index (κ2) is 8.24. The summed E-state index contributed by atoms with van der Waals surface area (Å²) in [6, 6.07) is 2.86. The van der Waals surface area contributed by atoms with Crippen molar-refractivity contribution in [2.45, 2.75) is 25.4 Å². The van der Waals surface area contributed by atoms with E-state index in [-0.39, 0.29) is 5.75 Å². The summed E-state index contributed by atoms with van der Waals surface area (Å²) in [5.74, 6) is 0.604. The minimum Gasteiger partial charge on any atom is -0.494 e. The molecule has 1 fully saturated rings. The van der Waals surface area contributed by atoms with Crippen LogP contribution in [0.4, 0.5) is 23.4 Å². The van der Waals surface area contributed by atoms with Crippen molar-refractivity contribution < 1.29 is 22.3 Å². The average molecular weight is 386 g/mol. The number of ether oxygens (including phenoxy) is 1. The van der Waals surface area contributed by atoms with E-state index in [9.17, 15) is 17.6 Å². The van der Waals surface area contributed by atoms with Crippen molar-refractivity contribution in [2.24, 2.45) is 5.92 Å². The highest BCUT2D eigenvalue weighted by Crippen LogP contribution is 2.28. The Morgan fingerprint density at radius 1 is 1.22 bits per heavy atom. The zero-order valence-corrected chi connectivity index (χ0v) is 15.0. The molecule has 0 amide bonds. The highest BCUT2D eigenvalue weighted by Gasteiger charge is 2.32. The minimum atomic E-state index is -4.14. The molecule has 1 N–H and O–H groups in total. The summed E-state index contributed by atoms with van der Waals surface area (Å²) >= 11 is 0. The molecule has 148 valence electrons. The number of piperidine rings is 1. The van der Waals surface area contributed by atoms with Crippen LogP contribution in [0.15, 0.2) is 18.5 Å². The monoisotopic (exact) mass is 386 g/mol. The lowest BCUT2D eigenvalue weighted by Crippen LogP contribution is -2.40. The molecule has 27 heavy (non-hydrogen) atoms. The molecule has 1 saturated heterocycles. The van der Waals surface area contributed by atoms with Crippen molar-refractivity contribution >= 4 is 16.7 Å². The van der Waals surface area contributed by atoms with Crippen molar-refractivity contribution in [1.29, 1.82) is 0 Å². The van der Waals surface area contributed by atoms with E-state index in [0.717, 1.165) is 19.3 Å². The molecular formula is C18H22F4N4O. The van der Waals surface area contributed by atoms with Gasteiger partial charge in [0.25, 0.3) is 0 Å². The summed E-state index contributed by atoms with van der Waals surface area (Å²) in [6.45, 7) is 0.743. The van der Waals surface area contributed by atoms with Gasteiger partial charge in [-0.3, -0.25) is 4.90 Å². The number of nitrogens with zero attached hydrogens (tertiary/aromatic N) is 3. The number of halogens is 4. The van der Waals surface area contributed by atoms with Gasteiger partial charge in [-0.2, -0.15) is 13.2 Å². The number of hydrogen-bond acceptors (Lipinski definition) is 5. The maximum absolute atomic E-state index is 13.8. The number of hydrogen-bond donors (Lipinski definition) is 1. The molecule has 0 unspecified atom stereocenters. The molecule has 0 aliphatic carbocycles. The first-order chi connectivity index (χ1) is 12.9. The number of rotatable bonds is 6. The molecule has 0 radical (unpaired) electrons. The number of methoxy groups -OCH3 is 1. The maximum atomic E-state index is 13.8. The second-order valence-electron chi connectivity index (χ2n) is 6.78. The van der Waals surface area contributed by atoms with Crippen LogP contribution in [-0.2, 0) is 0 Å². The third-order valence-electron chi connectivity index (χ3n) is 4.86. The molecule has 0 atom stereocenters. The molecule has 1 aromatic carbocycles. The Bertz CT molecular complexity index is 776. The predicted molar refractivity (Wildman–Crippen MR) is 94.4 cm³/mol.